The summed E-state index contributed by atoms with van der Waals surface area (Å²) in [5, 5.41) is 23.5. The van der Waals surface area contributed by atoms with Crippen LogP contribution in [0.15, 0.2) is 0 Å². The molecule has 0 saturated heterocycles. The quantitative estimate of drug-likeness (QED) is 0.160. The van der Waals surface area contributed by atoms with Gasteiger partial charge in [-0.25, -0.2) is 0 Å². The average Bonchev–Trinajstić information content (AvgIpc) is 2.77. The molecule has 0 aromatic heterocycles. The van der Waals surface area contributed by atoms with Crippen LogP contribution >= 0.6 is 7.26 Å². The van der Waals surface area contributed by atoms with Gasteiger partial charge in [0.1, 0.15) is 0 Å². The zero-order chi connectivity index (χ0) is 22.9. The van der Waals surface area contributed by atoms with Gasteiger partial charge in [-0.2, -0.15) is 15.8 Å². The number of nitriles is 3. The maximum absolute atomic E-state index is 7.83. The fraction of sp³-hybridized carbons (Fsp3) is 0.885. The van der Waals surface area contributed by atoms with Crippen molar-refractivity contribution >= 4 is 7.26 Å². The molecular formula is C26H50N3P. The van der Waals surface area contributed by atoms with Gasteiger partial charge in [-0.1, -0.05) is 0 Å². The fourth-order valence-electron chi connectivity index (χ4n) is 4.17. The van der Waals surface area contributed by atoms with Crippen LogP contribution in [0.4, 0.5) is 0 Å². The molecule has 0 N–H and O–H groups in total. The molecule has 0 bridgehead atoms. The molecule has 3 nitrogen and oxygen atoms in total. The Morgan fingerprint density at radius 3 is 1.00 bits per heavy atom. The molecule has 0 aliphatic rings. The molecule has 0 aliphatic carbocycles. The summed E-state index contributed by atoms with van der Waals surface area (Å²) >= 11 is 0. The molecule has 0 spiro atoms. The van der Waals surface area contributed by atoms with E-state index in [1.165, 1.54) is 88.8 Å². The van der Waals surface area contributed by atoms with Gasteiger partial charge in [0.25, 0.3) is 0 Å². The molecule has 0 atom stereocenters. The van der Waals surface area contributed by atoms with Crippen molar-refractivity contribution in [1.82, 2.24) is 0 Å². The minimum absolute atomic E-state index is 0.966. The molecule has 0 aromatic carbocycles. The van der Waals surface area contributed by atoms with E-state index in [9.17, 15) is 0 Å². The predicted octanol–water partition coefficient (Wildman–Crippen LogP) is 8.45. The molecule has 0 heterocycles. The summed E-state index contributed by atoms with van der Waals surface area (Å²) in [7, 11) is -0.966. The van der Waals surface area contributed by atoms with Gasteiger partial charge in [0.15, 0.2) is 0 Å². The van der Waals surface area contributed by atoms with E-state index >= 15 is 0 Å². The third-order valence-corrected chi connectivity index (χ3v) is 11.8. The molecule has 0 fully saturated rings. The van der Waals surface area contributed by atoms with Crippen molar-refractivity contribution in [3.8, 4) is 18.2 Å². The van der Waals surface area contributed by atoms with Crippen molar-refractivity contribution in [3.05, 3.63) is 0 Å². The third kappa shape index (κ3) is 18.9. The van der Waals surface area contributed by atoms with Crippen LogP contribution in [-0.2, 0) is 0 Å². The maximum atomic E-state index is 7.83. The Hall–Kier alpha value is -1.10. The minimum atomic E-state index is -1.10. The van der Waals surface area contributed by atoms with Crippen LogP contribution in [0.1, 0.15) is 118 Å². The van der Waals surface area contributed by atoms with E-state index in [4.69, 9.17) is 15.8 Å². The average molecular weight is 436 g/mol. The molecule has 0 unspecified atom stereocenters. The normalized spacial score (nSPS) is 11.1. The van der Waals surface area contributed by atoms with Crippen molar-refractivity contribution in [3.63, 3.8) is 0 Å². The zero-order valence-corrected chi connectivity index (χ0v) is 21.6. The largest absolute Gasteiger partial charge is 0.218 e. The second-order valence-electron chi connectivity index (χ2n) is 8.86. The molecule has 30 heavy (non-hydrogen) atoms. The van der Waals surface area contributed by atoms with Gasteiger partial charge in [-0.3, -0.25) is 0 Å². The van der Waals surface area contributed by atoms with E-state index in [1.807, 2.05) is 0 Å². The smallest absolute Gasteiger partial charge is 0.196 e. The molecule has 4 heteroatoms. The first-order chi connectivity index (χ1) is 14.6. The van der Waals surface area contributed by atoms with Gasteiger partial charge in [0.2, 0.25) is 5.92 Å². The first kappa shape index (κ1) is 31.1. The summed E-state index contributed by atoms with van der Waals surface area (Å²) in [6.07, 6.45) is 27.2. The minimum Gasteiger partial charge on any atom is -0.196 e. The van der Waals surface area contributed by atoms with Crippen LogP contribution in [0.3, 0.4) is 0 Å². The molecule has 0 aromatic rings. The van der Waals surface area contributed by atoms with Gasteiger partial charge >= 0.3 is 149 Å². The van der Waals surface area contributed by atoms with Crippen LogP contribution < -0.4 is 0 Å². The molecule has 0 radical (unpaired) electrons. The van der Waals surface area contributed by atoms with Crippen molar-refractivity contribution in [1.29, 1.82) is 15.8 Å². The summed E-state index contributed by atoms with van der Waals surface area (Å²) in [6, 6.07) is 4.44. The Kier molecular flexibility index (Phi) is 25.0. The predicted molar refractivity (Wildman–Crippen MR) is 135 cm³/mol. The van der Waals surface area contributed by atoms with Crippen LogP contribution in [0, 0.1) is 39.9 Å². The molecule has 0 rings (SSSR count). The third-order valence-electron chi connectivity index (χ3n) is 6.13. The summed E-state index contributed by atoms with van der Waals surface area (Å²) in [5.41, 5.74) is 0. The van der Waals surface area contributed by atoms with Gasteiger partial charge in [0, 0.05) is 0 Å². The van der Waals surface area contributed by atoms with E-state index in [1.54, 1.807) is 43.9 Å². The van der Waals surface area contributed by atoms with Crippen LogP contribution in [0.2, 0.25) is 0 Å². The Balaban J connectivity index is 0. The molecule has 0 amide bonds. The van der Waals surface area contributed by atoms with E-state index in [0.29, 0.717) is 0 Å². The molecule has 174 valence electrons. The summed E-state index contributed by atoms with van der Waals surface area (Å²) in [4.78, 5) is 0. The van der Waals surface area contributed by atoms with Gasteiger partial charge in [0.05, 0.1) is 18.2 Å². The number of unbranched alkanes of at least 4 members (excludes halogenated alkanes) is 10. The van der Waals surface area contributed by atoms with Crippen LogP contribution in [-0.4, -0.2) is 24.6 Å². The van der Waals surface area contributed by atoms with Crippen molar-refractivity contribution in [2.75, 3.05) is 24.6 Å². The fourth-order valence-corrected chi connectivity index (χ4v) is 9.77. The zero-order valence-electron chi connectivity index (χ0n) is 20.6. The van der Waals surface area contributed by atoms with Gasteiger partial charge in [-0.15, -0.1) is 0 Å². The van der Waals surface area contributed by atoms with E-state index < -0.39 is 13.2 Å². The van der Waals surface area contributed by atoms with Gasteiger partial charge in [-0.05, 0) is 0 Å². The summed E-state index contributed by atoms with van der Waals surface area (Å²) < 4.78 is 0. The number of nitrogens with zero attached hydrogens (tertiary/aromatic N) is 3. The second-order valence-corrected chi connectivity index (χ2v) is 13.9. The molecular weight excluding hydrogens is 385 g/mol. The monoisotopic (exact) mass is 435 g/mol. The first-order valence-electron chi connectivity index (χ1n) is 12.8. The Morgan fingerprint density at radius 2 is 0.767 bits per heavy atom. The Bertz CT molecular complexity index is 419. The van der Waals surface area contributed by atoms with E-state index in [0.717, 1.165) is 0 Å². The Morgan fingerprint density at radius 1 is 0.467 bits per heavy atom. The van der Waals surface area contributed by atoms with Gasteiger partial charge < -0.3 is 0 Å². The van der Waals surface area contributed by atoms with E-state index in [2.05, 4.69) is 27.7 Å². The standard InChI is InChI=1S/C22H49P.C4HN3/c1-5-9-13-16-20-23(19-12-8-4,21-17-14-10-6-2)22-18-15-11-7-3;5-1-4(2-6)3-7/h23H,5-22H2,1-4H3;4H. The first-order valence-corrected chi connectivity index (χ1v) is 15.6. The SMILES string of the molecule is CCCCCC[PH](CCCC)(CCCCCC)CCCCCC.N#CC(C#N)C#N. The second kappa shape index (κ2) is 24.2. The topological polar surface area (TPSA) is 71.4 Å². The van der Waals surface area contributed by atoms with E-state index in [-0.39, 0.29) is 0 Å². The molecule has 0 saturated carbocycles. The molecule has 0 aliphatic heterocycles. The summed E-state index contributed by atoms with van der Waals surface area (Å²) in [6.45, 7) is 9.43. The number of hydrogen-bond acceptors (Lipinski definition) is 3. The van der Waals surface area contributed by atoms with Crippen LogP contribution in [0.25, 0.3) is 0 Å². The van der Waals surface area contributed by atoms with Crippen molar-refractivity contribution in [2.24, 2.45) is 5.92 Å². The summed E-state index contributed by atoms with van der Waals surface area (Å²) in [5.74, 6) is -1.10. The number of rotatable bonds is 18. The van der Waals surface area contributed by atoms with Crippen molar-refractivity contribution in [2.45, 2.75) is 118 Å². The maximum Gasteiger partial charge on any atom is 0.218 e. The number of hydrogen-bond donors (Lipinski definition) is 0. The van der Waals surface area contributed by atoms with Crippen molar-refractivity contribution < 1.29 is 0 Å². The van der Waals surface area contributed by atoms with Crippen LogP contribution in [0.5, 0.6) is 0 Å². The Labute approximate surface area is 189 Å².